The summed E-state index contributed by atoms with van der Waals surface area (Å²) in [6.45, 7) is 3.79. The van der Waals surface area contributed by atoms with Crippen molar-refractivity contribution in [1.29, 1.82) is 0 Å². The standard InChI is InChI=1S/C26H41N7O7/c1-3-15(2)21(27)24(38)31-17(11-12-20(34)35)22(36)33-19(14-16-8-5-4-6-9-16)23(37)32-18(25(39)40)10-7-13-30-26(28)29/h4-6,8-9,15,17-19,21H,3,7,10-14,27H2,1-2H3,(H,31,38)(H,32,37)(H,33,36)(H,34,35)(H,39,40)(H4,28,29,30). The average Bonchev–Trinajstić information content (AvgIpc) is 2.91. The zero-order valence-electron chi connectivity index (χ0n) is 22.8. The van der Waals surface area contributed by atoms with Crippen molar-refractivity contribution in [3.63, 3.8) is 0 Å². The van der Waals surface area contributed by atoms with Crippen molar-refractivity contribution in [2.75, 3.05) is 6.54 Å². The summed E-state index contributed by atoms with van der Waals surface area (Å²) in [6.07, 6.45) is 0.228. The third-order valence-electron chi connectivity index (χ3n) is 6.32. The lowest BCUT2D eigenvalue weighted by molar-refractivity contribution is -0.142. The zero-order chi connectivity index (χ0) is 30.2. The molecule has 0 radical (unpaired) electrons. The Morgan fingerprint density at radius 2 is 1.45 bits per heavy atom. The Morgan fingerprint density at radius 3 is 2.00 bits per heavy atom. The maximum atomic E-state index is 13.3. The number of rotatable bonds is 18. The van der Waals surface area contributed by atoms with Crippen LogP contribution >= 0.6 is 0 Å². The number of carbonyl (C=O) groups is 5. The number of nitrogens with one attached hydrogen (secondary N) is 3. The van der Waals surface area contributed by atoms with E-state index in [9.17, 15) is 29.1 Å². The van der Waals surface area contributed by atoms with Gasteiger partial charge in [-0.25, -0.2) is 4.79 Å². The molecule has 0 heterocycles. The largest absolute Gasteiger partial charge is 0.481 e. The highest BCUT2D eigenvalue weighted by atomic mass is 16.4. The first kappa shape index (κ1) is 33.8. The summed E-state index contributed by atoms with van der Waals surface area (Å²) in [4.78, 5) is 65.9. The van der Waals surface area contributed by atoms with Crippen molar-refractivity contribution in [2.24, 2.45) is 28.1 Å². The Balaban J connectivity index is 3.13. The predicted octanol–water partition coefficient (Wildman–Crippen LogP) is -0.940. The van der Waals surface area contributed by atoms with Gasteiger partial charge in [-0.2, -0.15) is 0 Å². The van der Waals surface area contributed by atoms with E-state index in [-0.39, 0.29) is 44.1 Å². The molecule has 0 aliphatic carbocycles. The fraction of sp³-hybridized carbons (Fsp3) is 0.538. The van der Waals surface area contributed by atoms with Crippen LogP contribution in [0.2, 0.25) is 0 Å². The number of amides is 3. The molecule has 0 spiro atoms. The van der Waals surface area contributed by atoms with Gasteiger partial charge in [0.15, 0.2) is 5.96 Å². The van der Waals surface area contributed by atoms with Crippen LogP contribution in [0.15, 0.2) is 35.3 Å². The van der Waals surface area contributed by atoms with E-state index in [0.717, 1.165) is 0 Å². The molecule has 3 amide bonds. The highest BCUT2D eigenvalue weighted by Crippen LogP contribution is 2.09. The lowest BCUT2D eigenvalue weighted by Crippen LogP contribution is -2.58. The van der Waals surface area contributed by atoms with E-state index in [2.05, 4.69) is 20.9 Å². The first-order valence-corrected chi connectivity index (χ1v) is 13.1. The first-order valence-electron chi connectivity index (χ1n) is 13.1. The second-order valence-corrected chi connectivity index (χ2v) is 9.50. The van der Waals surface area contributed by atoms with Gasteiger partial charge >= 0.3 is 11.9 Å². The summed E-state index contributed by atoms with van der Waals surface area (Å²) >= 11 is 0. The smallest absolute Gasteiger partial charge is 0.326 e. The molecule has 5 atom stereocenters. The molecular formula is C26H41N7O7. The van der Waals surface area contributed by atoms with Crippen molar-refractivity contribution in [3.8, 4) is 0 Å². The maximum Gasteiger partial charge on any atom is 0.326 e. The Kier molecular flexibility index (Phi) is 14.7. The maximum absolute atomic E-state index is 13.3. The average molecular weight is 564 g/mol. The number of benzene rings is 1. The zero-order valence-corrected chi connectivity index (χ0v) is 22.8. The summed E-state index contributed by atoms with van der Waals surface area (Å²) in [5.74, 6) is -5.00. The number of hydrogen-bond acceptors (Lipinski definition) is 7. The third kappa shape index (κ3) is 12.6. The predicted molar refractivity (Wildman–Crippen MR) is 148 cm³/mol. The number of aliphatic imine (C=N–C) groups is 1. The monoisotopic (exact) mass is 563 g/mol. The van der Waals surface area contributed by atoms with Gasteiger partial charge in [0.25, 0.3) is 0 Å². The number of nitrogens with zero attached hydrogens (tertiary/aromatic N) is 1. The minimum absolute atomic E-state index is 0.00469. The molecule has 0 saturated carbocycles. The highest BCUT2D eigenvalue weighted by Gasteiger charge is 2.31. The molecule has 14 heteroatoms. The van der Waals surface area contributed by atoms with Crippen LogP contribution < -0.4 is 33.2 Å². The highest BCUT2D eigenvalue weighted by molar-refractivity contribution is 5.94. The van der Waals surface area contributed by atoms with Gasteiger partial charge in [0.2, 0.25) is 17.7 Å². The van der Waals surface area contributed by atoms with Crippen LogP contribution in [0.3, 0.4) is 0 Å². The van der Waals surface area contributed by atoms with Crippen LogP contribution in [0.1, 0.15) is 51.5 Å². The molecule has 222 valence electrons. The molecule has 0 aliphatic heterocycles. The molecule has 0 bridgehead atoms. The molecule has 0 saturated heterocycles. The summed E-state index contributed by atoms with van der Waals surface area (Å²) < 4.78 is 0. The molecular weight excluding hydrogens is 522 g/mol. The van der Waals surface area contributed by atoms with Crippen molar-refractivity contribution >= 4 is 35.6 Å². The van der Waals surface area contributed by atoms with Crippen molar-refractivity contribution in [1.82, 2.24) is 16.0 Å². The molecule has 1 rings (SSSR count). The van der Waals surface area contributed by atoms with E-state index in [1.807, 2.05) is 6.92 Å². The van der Waals surface area contributed by atoms with Crippen LogP contribution in [0.25, 0.3) is 0 Å². The van der Waals surface area contributed by atoms with Crippen molar-refractivity contribution < 1.29 is 34.2 Å². The summed E-state index contributed by atoms with van der Waals surface area (Å²) in [6, 6.07) is 3.96. The third-order valence-corrected chi connectivity index (χ3v) is 6.32. The van der Waals surface area contributed by atoms with Crippen molar-refractivity contribution in [2.45, 2.75) is 76.5 Å². The van der Waals surface area contributed by atoms with Crippen LogP contribution in [0.4, 0.5) is 0 Å². The van der Waals surface area contributed by atoms with Gasteiger partial charge in [-0.3, -0.25) is 24.2 Å². The summed E-state index contributed by atoms with van der Waals surface area (Å²) in [5.41, 5.74) is 17.2. The fourth-order valence-electron chi connectivity index (χ4n) is 3.68. The van der Waals surface area contributed by atoms with Gasteiger partial charge in [0, 0.05) is 19.4 Å². The molecule has 14 nitrogen and oxygen atoms in total. The van der Waals surface area contributed by atoms with Gasteiger partial charge < -0.3 is 43.4 Å². The topological polar surface area (TPSA) is 252 Å². The minimum Gasteiger partial charge on any atom is -0.481 e. The molecule has 0 fully saturated rings. The summed E-state index contributed by atoms with van der Waals surface area (Å²) in [7, 11) is 0. The van der Waals surface area contributed by atoms with Gasteiger partial charge in [-0.1, -0.05) is 50.6 Å². The minimum atomic E-state index is -1.29. The number of nitrogens with two attached hydrogens (primary N) is 3. The van der Waals surface area contributed by atoms with E-state index in [1.54, 1.807) is 37.3 Å². The quantitative estimate of drug-likeness (QED) is 0.0618. The molecule has 5 unspecified atom stereocenters. The number of carboxylic acid groups (broad SMARTS) is 2. The number of hydrogen-bond donors (Lipinski definition) is 8. The lowest BCUT2D eigenvalue weighted by atomic mass is 9.98. The second kappa shape index (κ2) is 17.4. The molecule has 0 aliphatic rings. The van der Waals surface area contributed by atoms with E-state index in [4.69, 9.17) is 22.3 Å². The number of carboxylic acids is 2. The van der Waals surface area contributed by atoms with Crippen LogP contribution in [-0.2, 0) is 30.4 Å². The van der Waals surface area contributed by atoms with E-state index >= 15 is 0 Å². The second-order valence-electron chi connectivity index (χ2n) is 9.50. The van der Waals surface area contributed by atoms with Crippen LogP contribution in [0.5, 0.6) is 0 Å². The van der Waals surface area contributed by atoms with Crippen LogP contribution in [0, 0.1) is 5.92 Å². The molecule has 11 N–H and O–H groups in total. The Hall–Kier alpha value is -4.20. The first-order chi connectivity index (χ1) is 18.8. The molecule has 40 heavy (non-hydrogen) atoms. The molecule has 1 aromatic rings. The number of guanidine groups is 1. The van der Waals surface area contributed by atoms with E-state index in [0.29, 0.717) is 12.0 Å². The fourth-order valence-corrected chi connectivity index (χ4v) is 3.68. The Labute approximate surface area is 233 Å². The van der Waals surface area contributed by atoms with Crippen molar-refractivity contribution in [3.05, 3.63) is 35.9 Å². The number of carbonyl (C=O) groups excluding carboxylic acids is 3. The lowest BCUT2D eigenvalue weighted by Gasteiger charge is -2.26. The van der Waals surface area contributed by atoms with E-state index < -0.39 is 60.2 Å². The SMILES string of the molecule is CCC(C)C(N)C(=O)NC(CCC(=O)O)C(=O)NC(Cc1ccccc1)C(=O)NC(CCCN=C(N)N)C(=O)O. The summed E-state index contributed by atoms with van der Waals surface area (Å²) in [5, 5.41) is 26.2. The van der Waals surface area contributed by atoms with Gasteiger partial charge in [-0.05, 0) is 30.7 Å². The molecule has 1 aromatic carbocycles. The van der Waals surface area contributed by atoms with Gasteiger partial charge in [0.05, 0.1) is 6.04 Å². The van der Waals surface area contributed by atoms with E-state index in [1.165, 1.54) is 0 Å². The Bertz CT molecular complexity index is 1030. The molecule has 0 aromatic heterocycles. The number of aliphatic carboxylic acids is 2. The normalized spacial score (nSPS) is 14.5. The van der Waals surface area contributed by atoms with Gasteiger partial charge in [-0.15, -0.1) is 0 Å². The van der Waals surface area contributed by atoms with Crippen LogP contribution in [-0.4, -0.2) is 76.5 Å². The Morgan fingerprint density at radius 1 is 0.875 bits per heavy atom. The van der Waals surface area contributed by atoms with Gasteiger partial charge in [0.1, 0.15) is 18.1 Å².